The van der Waals surface area contributed by atoms with Gasteiger partial charge in [-0.3, -0.25) is 24.3 Å². The van der Waals surface area contributed by atoms with E-state index in [4.69, 9.17) is 11.6 Å². The minimum absolute atomic E-state index is 0.0886. The van der Waals surface area contributed by atoms with Gasteiger partial charge in [0.25, 0.3) is 11.2 Å². The quantitative estimate of drug-likeness (QED) is 0.169. The van der Waals surface area contributed by atoms with E-state index in [2.05, 4.69) is 10.3 Å². The Hall–Kier alpha value is -3.69. The molecule has 34 heavy (non-hydrogen) atoms. The summed E-state index contributed by atoms with van der Waals surface area (Å²) in [6.07, 6.45) is 0. The Morgan fingerprint density at radius 1 is 1.15 bits per heavy atom. The number of para-hydroxylation sites is 1. The molecule has 1 amide bonds. The third-order valence-electron chi connectivity index (χ3n) is 5.12. The van der Waals surface area contributed by atoms with Crippen LogP contribution in [0.2, 0.25) is 5.02 Å². The summed E-state index contributed by atoms with van der Waals surface area (Å²) in [5.41, 5.74) is 2.80. The van der Waals surface area contributed by atoms with Gasteiger partial charge in [0, 0.05) is 12.1 Å². The van der Waals surface area contributed by atoms with Crippen molar-refractivity contribution in [3.63, 3.8) is 0 Å². The van der Waals surface area contributed by atoms with Crippen molar-refractivity contribution in [3.05, 3.63) is 97.3 Å². The molecule has 1 N–H and O–H groups in total. The Bertz CT molecular complexity index is 1500. The zero-order valence-electron chi connectivity index (χ0n) is 18.2. The molecule has 0 saturated carbocycles. The lowest BCUT2D eigenvalue weighted by Gasteiger charge is -2.16. The van der Waals surface area contributed by atoms with Crippen molar-refractivity contribution in [2.75, 3.05) is 11.1 Å². The van der Waals surface area contributed by atoms with Crippen LogP contribution in [0.15, 0.2) is 70.6 Å². The molecule has 4 aromatic rings. The minimum atomic E-state index is -0.567. The van der Waals surface area contributed by atoms with E-state index in [-0.39, 0.29) is 27.7 Å². The normalized spacial score (nSPS) is 10.9. The van der Waals surface area contributed by atoms with Gasteiger partial charge in [-0.2, -0.15) is 0 Å². The number of aromatic nitrogens is 2. The van der Waals surface area contributed by atoms with Gasteiger partial charge >= 0.3 is 0 Å². The predicted molar refractivity (Wildman–Crippen MR) is 134 cm³/mol. The molecule has 0 saturated heterocycles. The fourth-order valence-electron chi connectivity index (χ4n) is 3.42. The first kappa shape index (κ1) is 23.5. The average Bonchev–Trinajstić information content (AvgIpc) is 2.81. The van der Waals surface area contributed by atoms with Gasteiger partial charge in [-0.05, 0) is 49.2 Å². The second-order valence-electron chi connectivity index (χ2n) is 7.60. The number of nitrogens with zero attached hydrogens (tertiary/aromatic N) is 3. The maximum Gasteiger partial charge on any atom is 0.271 e. The van der Waals surface area contributed by atoms with Gasteiger partial charge in [-0.1, -0.05) is 47.6 Å². The van der Waals surface area contributed by atoms with Gasteiger partial charge in [0.05, 0.1) is 38.0 Å². The maximum absolute atomic E-state index is 13.4. The molecule has 172 valence electrons. The molecule has 3 aromatic carbocycles. The van der Waals surface area contributed by atoms with E-state index in [1.807, 2.05) is 32.0 Å². The van der Waals surface area contributed by atoms with Gasteiger partial charge in [0.2, 0.25) is 5.91 Å². The Balaban J connectivity index is 1.69. The second-order valence-corrected chi connectivity index (χ2v) is 8.95. The fourth-order valence-corrected chi connectivity index (χ4v) is 4.39. The van der Waals surface area contributed by atoms with Crippen molar-refractivity contribution < 1.29 is 9.72 Å². The Kier molecular flexibility index (Phi) is 6.67. The fraction of sp³-hybridized carbons (Fsp3) is 0.125. The van der Waals surface area contributed by atoms with E-state index in [0.29, 0.717) is 21.7 Å². The first-order chi connectivity index (χ1) is 16.2. The molecule has 0 spiro atoms. The number of halogens is 1. The molecule has 0 aliphatic heterocycles. The number of anilines is 1. The van der Waals surface area contributed by atoms with E-state index >= 15 is 0 Å². The molecule has 0 unspecified atom stereocenters. The van der Waals surface area contributed by atoms with Crippen LogP contribution in [-0.4, -0.2) is 26.1 Å². The average molecular weight is 495 g/mol. The summed E-state index contributed by atoms with van der Waals surface area (Å²) in [4.78, 5) is 41.2. The number of non-ortho nitro benzene ring substituents is 1. The summed E-state index contributed by atoms with van der Waals surface area (Å²) < 4.78 is 1.52. The van der Waals surface area contributed by atoms with E-state index < -0.39 is 10.8 Å². The lowest BCUT2D eigenvalue weighted by Crippen LogP contribution is -2.23. The van der Waals surface area contributed by atoms with Crippen molar-refractivity contribution in [3.8, 4) is 5.69 Å². The molecule has 0 aliphatic carbocycles. The van der Waals surface area contributed by atoms with Gasteiger partial charge in [-0.25, -0.2) is 4.98 Å². The van der Waals surface area contributed by atoms with Crippen molar-refractivity contribution >= 4 is 51.5 Å². The number of nitro groups is 1. The number of fused-ring (bicyclic) bond motifs is 1. The first-order valence-electron chi connectivity index (χ1n) is 10.2. The summed E-state index contributed by atoms with van der Waals surface area (Å²) >= 11 is 7.18. The number of amides is 1. The summed E-state index contributed by atoms with van der Waals surface area (Å²) in [5, 5.41) is 14.6. The van der Waals surface area contributed by atoms with Crippen LogP contribution in [0.3, 0.4) is 0 Å². The molecule has 0 aliphatic rings. The highest BCUT2D eigenvalue weighted by atomic mass is 35.5. The molecule has 0 bridgehead atoms. The van der Waals surface area contributed by atoms with Gasteiger partial charge in [0.1, 0.15) is 0 Å². The Labute approximate surface area is 203 Å². The van der Waals surface area contributed by atoms with Crippen molar-refractivity contribution in [1.29, 1.82) is 0 Å². The third kappa shape index (κ3) is 4.80. The second kappa shape index (κ2) is 9.66. The molecule has 1 aromatic heterocycles. The van der Waals surface area contributed by atoms with E-state index in [9.17, 15) is 19.7 Å². The minimum Gasteiger partial charge on any atom is -0.324 e. The SMILES string of the molecule is Cc1ccc(C)c(-n2c(SCC(=O)Nc3cc([N+](=O)[O-])ccc3Cl)nc3ccccc3c2=O)c1. The zero-order chi connectivity index (χ0) is 24.4. The highest BCUT2D eigenvalue weighted by molar-refractivity contribution is 7.99. The number of rotatable bonds is 6. The van der Waals surface area contributed by atoms with E-state index in [0.717, 1.165) is 22.9 Å². The lowest BCUT2D eigenvalue weighted by molar-refractivity contribution is -0.384. The molecular weight excluding hydrogens is 476 g/mol. The highest BCUT2D eigenvalue weighted by Gasteiger charge is 2.17. The van der Waals surface area contributed by atoms with Gasteiger partial charge in [0.15, 0.2) is 5.16 Å². The van der Waals surface area contributed by atoms with Crippen LogP contribution in [0.1, 0.15) is 11.1 Å². The van der Waals surface area contributed by atoms with Gasteiger partial charge in [-0.15, -0.1) is 0 Å². The summed E-state index contributed by atoms with van der Waals surface area (Å²) in [5.74, 6) is -0.531. The van der Waals surface area contributed by atoms with E-state index in [1.54, 1.807) is 24.3 Å². The number of carbonyl (C=O) groups is 1. The van der Waals surface area contributed by atoms with Crippen molar-refractivity contribution in [2.45, 2.75) is 19.0 Å². The van der Waals surface area contributed by atoms with Crippen LogP contribution in [0.5, 0.6) is 0 Å². The van der Waals surface area contributed by atoms with E-state index in [1.165, 1.54) is 22.8 Å². The number of nitrogens with one attached hydrogen (secondary N) is 1. The highest BCUT2D eigenvalue weighted by Crippen LogP contribution is 2.28. The Morgan fingerprint density at radius 2 is 1.91 bits per heavy atom. The van der Waals surface area contributed by atoms with Crippen molar-refractivity contribution in [1.82, 2.24) is 9.55 Å². The topological polar surface area (TPSA) is 107 Å². The van der Waals surface area contributed by atoms with Crippen LogP contribution in [0.25, 0.3) is 16.6 Å². The van der Waals surface area contributed by atoms with Crippen LogP contribution in [-0.2, 0) is 4.79 Å². The standard InChI is InChI=1S/C24H19ClN4O4S/c1-14-7-8-15(2)21(11-14)28-23(31)17-5-3-4-6-19(17)27-24(28)34-13-22(30)26-20-12-16(29(32)33)9-10-18(20)25/h3-12H,13H2,1-2H3,(H,26,30). The monoisotopic (exact) mass is 494 g/mol. The van der Waals surface area contributed by atoms with Crippen LogP contribution < -0.4 is 10.9 Å². The van der Waals surface area contributed by atoms with Crippen molar-refractivity contribution in [2.24, 2.45) is 0 Å². The molecule has 0 radical (unpaired) electrons. The molecule has 10 heteroatoms. The summed E-state index contributed by atoms with van der Waals surface area (Å²) in [6, 6.07) is 16.6. The molecule has 1 heterocycles. The molecule has 0 atom stereocenters. The number of aryl methyl sites for hydroxylation is 2. The maximum atomic E-state index is 13.4. The van der Waals surface area contributed by atoms with Crippen LogP contribution in [0.4, 0.5) is 11.4 Å². The number of carbonyl (C=O) groups excluding carboxylic acids is 1. The summed E-state index contributed by atoms with van der Waals surface area (Å²) in [6.45, 7) is 3.84. The Morgan fingerprint density at radius 3 is 2.68 bits per heavy atom. The number of nitro benzene ring substituents is 1. The molecular formula is C24H19ClN4O4S. The smallest absolute Gasteiger partial charge is 0.271 e. The van der Waals surface area contributed by atoms with Crippen LogP contribution >= 0.6 is 23.4 Å². The lowest BCUT2D eigenvalue weighted by atomic mass is 10.1. The molecule has 8 nitrogen and oxygen atoms in total. The van der Waals surface area contributed by atoms with Gasteiger partial charge < -0.3 is 5.32 Å². The number of thioether (sulfide) groups is 1. The summed E-state index contributed by atoms with van der Waals surface area (Å²) in [7, 11) is 0. The predicted octanol–water partition coefficient (Wildman–Crippen LogP) is 5.29. The number of benzene rings is 3. The molecule has 0 fully saturated rings. The third-order valence-corrected chi connectivity index (χ3v) is 6.39. The molecule has 4 rings (SSSR count). The first-order valence-corrected chi connectivity index (χ1v) is 11.6. The number of hydrogen-bond donors (Lipinski definition) is 1. The van der Waals surface area contributed by atoms with Crippen LogP contribution in [0, 0.1) is 24.0 Å². The zero-order valence-corrected chi connectivity index (χ0v) is 19.8. The largest absolute Gasteiger partial charge is 0.324 e. The number of hydrogen-bond acceptors (Lipinski definition) is 6.